The third-order valence-corrected chi connectivity index (χ3v) is 4.49. The van der Waals surface area contributed by atoms with E-state index in [4.69, 9.17) is 23.2 Å². The molecule has 0 saturated carbocycles. The topological polar surface area (TPSA) is 86.7 Å². The van der Waals surface area contributed by atoms with Crippen LogP contribution >= 0.6 is 35.0 Å². The van der Waals surface area contributed by atoms with Gasteiger partial charge in [-0.3, -0.25) is 10.1 Å². The molecule has 7 nitrogen and oxygen atoms in total. The van der Waals surface area contributed by atoms with Crippen molar-refractivity contribution in [2.45, 2.75) is 10.1 Å². The normalized spacial score (nSPS) is 10.7. The number of halogens is 2. The number of rotatable bonds is 4. The Balaban J connectivity index is 1.93. The van der Waals surface area contributed by atoms with Crippen LogP contribution in [0.25, 0.3) is 5.69 Å². The van der Waals surface area contributed by atoms with E-state index in [1.165, 1.54) is 28.6 Å². The predicted molar refractivity (Wildman–Crippen MR) is 86.4 cm³/mol. The first-order chi connectivity index (χ1) is 11.0. The largest absolute Gasteiger partial charge is 0.270 e. The Morgan fingerprint density at radius 2 is 2.00 bits per heavy atom. The van der Waals surface area contributed by atoms with Gasteiger partial charge in [0.2, 0.25) is 5.16 Å². The van der Waals surface area contributed by atoms with Crippen molar-refractivity contribution < 1.29 is 4.92 Å². The van der Waals surface area contributed by atoms with Crippen molar-refractivity contribution in [3.8, 4) is 5.69 Å². The summed E-state index contributed by atoms with van der Waals surface area (Å²) in [5.41, 5.74) is 0.622. The molecule has 1 heterocycles. The minimum absolute atomic E-state index is 0.0752. The lowest BCUT2D eigenvalue weighted by molar-refractivity contribution is -0.384. The molecule has 0 unspecified atom stereocenters. The molecular formula is C13H7Cl2N5O2S. The standard InChI is InChI=1S/C13H7Cl2N5O2S/c14-8-2-1-3-9(6-8)19-13(16-17-18-19)23-12-5-4-10(20(21)22)7-11(12)15/h1-7H. The molecule has 0 bridgehead atoms. The van der Waals surface area contributed by atoms with E-state index in [-0.39, 0.29) is 10.7 Å². The predicted octanol–water partition coefficient (Wildman–Crippen LogP) is 4.03. The van der Waals surface area contributed by atoms with Crippen molar-refractivity contribution in [1.29, 1.82) is 0 Å². The van der Waals surface area contributed by atoms with Crippen molar-refractivity contribution in [1.82, 2.24) is 20.2 Å². The van der Waals surface area contributed by atoms with Gasteiger partial charge in [0.25, 0.3) is 5.69 Å². The summed E-state index contributed by atoms with van der Waals surface area (Å²) in [5, 5.41) is 23.5. The molecule has 2 aromatic carbocycles. The number of aromatic nitrogens is 4. The average Bonchev–Trinajstić information content (AvgIpc) is 2.97. The third kappa shape index (κ3) is 3.44. The summed E-state index contributed by atoms with van der Waals surface area (Å²) in [6.07, 6.45) is 0. The van der Waals surface area contributed by atoms with Crippen LogP contribution in [0.3, 0.4) is 0 Å². The molecule has 23 heavy (non-hydrogen) atoms. The van der Waals surface area contributed by atoms with E-state index in [0.717, 1.165) is 0 Å². The fourth-order valence-electron chi connectivity index (χ4n) is 1.80. The van der Waals surface area contributed by atoms with Crippen molar-refractivity contribution in [2.75, 3.05) is 0 Å². The van der Waals surface area contributed by atoms with Crippen LogP contribution in [0.1, 0.15) is 0 Å². The van der Waals surface area contributed by atoms with Gasteiger partial charge in [0, 0.05) is 22.1 Å². The van der Waals surface area contributed by atoms with Crippen LogP contribution in [0.15, 0.2) is 52.5 Å². The highest BCUT2D eigenvalue weighted by Crippen LogP contribution is 2.34. The molecule has 0 atom stereocenters. The first-order valence-corrected chi connectivity index (χ1v) is 7.78. The monoisotopic (exact) mass is 367 g/mol. The Bertz CT molecular complexity index is 886. The van der Waals surface area contributed by atoms with E-state index in [0.29, 0.717) is 20.8 Å². The Labute approximate surface area is 144 Å². The summed E-state index contributed by atoms with van der Waals surface area (Å²) >= 11 is 13.3. The first kappa shape index (κ1) is 15.7. The van der Waals surface area contributed by atoms with Crippen LogP contribution in [-0.2, 0) is 0 Å². The molecule has 0 fully saturated rings. The number of hydrogen-bond donors (Lipinski definition) is 0. The number of nitro benzene ring substituents is 1. The summed E-state index contributed by atoms with van der Waals surface area (Å²) in [4.78, 5) is 10.8. The second kappa shape index (κ2) is 6.53. The second-order valence-corrected chi connectivity index (χ2v) is 6.18. The summed E-state index contributed by atoms with van der Waals surface area (Å²) in [6, 6.07) is 11.3. The van der Waals surface area contributed by atoms with Crippen LogP contribution < -0.4 is 0 Å². The van der Waals surface area contributed by atoms with Gasteiger partial charge in [-0.1, -0.05) is 29.3 Å². The van der Waals surface area contributed by atoms with Crippen molar-refractivity contribution in [3.63, 3.8) is 0 Å². The van der Waals surface area contributed by atoms with E-state index < -0.39 is 4.92 Å². The van der Waals surface area contributed by atoms with Crippen LogP contribution in [0.2, 0.25) is 10.0 Å². The third-order valence-electron chi connectivity index (χ3n) is 2.82. The smallest absolute Gasteiger partial charge is 0.258 e. The SMILES string of the molecule is O=[N+]([O-])c1ccc(Sc2nnnn2-c2cccc(Cl)c2)c(Cl)c1. The van der Waals surface area contributed by atoms with E-state index in [9.17, 15) is 10.1 Å². The van der Waals surface area contributed by atoms with Gasteiger partial charge in [-0.2, -0.15) is 4.68 Å². The fourth-order valence-corrected chi connectivity index (χ4v) is 3.07. The molecule has 0 aliphatic rings. The minimum atomic E-state index is -0.504. The Hall–Kier alpha value is -2.16. The second-order valence-electron chi connectivity index (χ2n) is 4.33. The van der Waals surface area contributed by atoms with E-state index >= 15 is 0 Å². The molecule has 3 aromatic rings. The van der Waals surface area contributed by atoms with Crippen LogP contribution in [-0.4, -0.2) is 25.1 Å². The molecule has 0 N–H and O–H groups in total. The lowest BCUT2D eigenvalue weighted by atomic mass is 10.3. The van der Waals surface area contributed by atoms with Gasteiger partial charge in [0.15, 0.2) is 0 Å². The maximum atomic E-state index is 10.7. The van der Waals surface area contributed by atoms with Crippen molar-refractivity contribution >= 4 is 40.7 Å². The molecule has 0 amide bonds. The Morgan fingerprint density at radius 3 is 2.70 bits per heavy atom. The first-order valence-electron chi connectivity index (χ1n) is 6.21. The Kier molecular flexibility index (Phi) is 4.46. The molecule has 0 spiro atoms. The molecule has 1 aromatic heterocycles. The summed E-state index contributed by atoms with van der Waals surface area (Å²) in [6.45, 7) is 0. The number of nitrogens with zero attached hydrogens (tertiary/aromatic N) is 5. The van der Waals surface area contributed by atoms with Crippen LogP contribution in [0.4, 0.5) is 5.69 Å². The van der Waals surface area contributed by atoms with Gasteiger partial charge >= 0.3 is 0 Å². The highest BCUT2D eigenvalue weighted by atomic mass is 35.5. The summed E-state index contributed by atoms with van der Waals surface area (Å²) in [7, 11) is 0. The van der Waals surface area contributed by atoms with Gasteiger partial charge in [-0.25, -0.2) is 0 Å². The molecular weight excluding hydrogens is 361 g/mol. The molecule has 10 heteroatoms. The minimum Gasteiger partial charge on any atom is -0.258 e. The zero-order valence-electron chi connectivity index (χ0n) is 11.3. The quantitative estimate of drug-likeness (QED) is 0.511. The van der Waals surface area contributed by atoms with Crippen LogP contribution in [0.5, 0.6) is 0 Å². The highest BCUT2D eigenvalue weighted by molar-refractivity contribution is 7.99. The van der Waals surface area contributed by atoms with Gasteiger partial charge in [0.05, 0.1) is 15.6 Å². The summed E-state index contributed by atoms with van der Waals surface area (Å²) in [5.74, 6) is 0. The summed E-state index contributed by atoms with van der Waals surface area (Å²) < 4.78 is 1.51. The van der Waals surface area contributed by atoms with Gasteiger partial charge in [-0.15, -0.1) is 5.10 Å². The zero-order valence-corrected chi connectivity index (χ0v) is 13.6. The van der Waals surface area contributed by atoms with Gasteiger partial charge in [0.1, 0.15) is 0 Å². The lowest BCUT2D eigenvalue weighted by Gasteiger charge is -2.05. The molecule has 0 aliphatic heterocycles. The zero-order chi connectivity index (χ0) is 16.4. The average molecular weight is 368 g/mol. The fraction of sp³-hybridized carbons (Fsp3) is 0. The van der Waals surface area contributed by atoms with E-state index in [1.54, 1.807) is 24.3 Å². The molecule has 0 radical (unpaired) electrons. The number of tetrazole rings is 1. The maximum absolute atomic E-state index is 10.7. The maximum Gasteiger partial charge on any atom is 0.270 e. The molecule has 116 valence electrons. The highest BCUT2D eigenvalue weighted by Gasteiger charge is 2.15. The number of nitro groups is 1. The number of hydrogen-bond acceptors (Lipinski definition) is 6. The van der Waals surface area contributed by atoms with Crippen molar-refractivity contribution in [2.24, 2.45) is 0 Å². The van der Waals surface area contributed by atoms with Gasteiger partial charge < -0.3 is 0 Å². The van der Waals surface area contributed by atoms with E-state index in [2.05, 4.69) is 15.5 Å². The van der Waals surface area contributed by atoms with E-state index in [1.807, 2.05) is 6.07 Å². The van der Waals surface area contributed by atoms with Crippen molar-refractivity contribution in [3.05, 3.63) is 62.6 Å². The molecule has 3 rings (SSSR count). The van der Waals surface area contributed by atoms with Gasteiger partial charge in [-0.05, 0) is 46.5 Å². The number of non-ortho nitro benzene ring substituents is 1. The number of benzene rings is 2. The molecule has 0 aliphatic carbocycles. The Morgan fingerprint density at radius 1 is 1.17 bits per heavy atom. The van der Waals surface area contributed by atoms with Crippen LogP contribution in [0, 0.1) is 10.1 Å². The lowest BCUT2D eigenvalue weighted by Crippen LogP contribution is -1.98. The molecule has 0 saturated heterocycles.